The van der Waals surface area contributed by atoms with Crippen molar-refractivity contribution in [3.63, 3.8) is 0 Å². The van der Waals surface area contributed by atoms with E-state index in [2.05, 4.69) is 15.3 Å². The first-order valence-corrected chi connectivity index (χ1v) is 9.88. The molecule has 0 radical (unpaired) electrons. The molecule has 31 heavy (non-hydrogen) atoms. The first-order chi connectivity index (χ1) is 14.9. The van der Waals surface area contributed by atoms with E-state index < -0.39 is 5.54 Å². The van der Waals surface area contributed by atoms with E-state index in [0.29, 0.717) is 47.2 Å². The van der Waals surface area contributed by atoms with Gasteiger partial charge in [0.05, 0.1) is 36.7 Å². The third-order valence-electron chi connectivity index (χ3n) is 5.45. The molecule has 0 spiro atoms. The summed E-state index contributed by atoms with van der Waals surface area (Å²) < 4.78 is 12.2. The van der Waals surface area contributed by atoms with Gasteiger partial charge < -0.3 is 14.8 Å². The molecule has 1 N–H and O–H groups in total. The number of fused-ring (bicyclic) bond motifs is 1. The second kappa shape index (κ2) is 8.17. The molecule has 1 unspecified atom stereocenters. The van der Waals surface area contributed by atoms with E-state index in [4.69, 9.17) is 14.5 Å². The lowest BCUT2D eigenvalue weighted by Crippen LogP contribution is -2.50. The van der Waals surface area contributed by atoms with Crippen LogP contribution in [-0.2, 0) is 12.1 Å². The fraction of sp³-hybridized carbons (Fsp3) is 0.318. The van der Waals surface area contributed by atoms with Crippen molar-refractivity contribution >= 4 is 5.91 Å². The van der Waals surface area contributed by atoms with Crippen LogP contribution in [-0.4, -0.2) is 39.6 Å². The van der Waals surface area contributed by atoms with Crippen LogP contribution in [0.3, 0.4) is 0 Å². The van der Waals surface area contributed by atoms with Crippen molar-refractivity contribution in [3.05, 3.63) is 64.6 Å². The normalized spacial score (nSPS) is 17.5. The summed E-state index contributed by atoms with van der Waals surface area (Å²) in [6.07, 6.45) is 4.37. The van der Waals surface area contributed by atoms with E-state index in [1.54, 1.807) is 42.1 Å². The number of amides is 1. The van der Waals surface area contributed by atoms with Crippen molar-refractivity contribution in [1.29, 1.82) is 0 Å². The molecule has 0 aliphatic carbocycles. The van der Waals surface area contributed by atoms with Crippen LogP contribution in [0.2, 0.25) is 0 Å². The van der Waals surface area contributed by atoms with Gasteiger partial charge in [0.2, 0.25) is 0 Å². The average molecular weight is 421 g/mol. The van der Waals surface area contributed by atoms with Crippen molar-refractivity contribution in [3.8, 4) is 22.9 Å². The Kier molecular flexibility index (Phi) is 5.41. The zero-order valence-corrected chi connectivity index (χ0v) is 17.6. The lowest BCUT2D eigenvalue weighted by atomic mass is 9.90. The minimum Gasteiger partial charge on any atom is -0.497 e. The van der Waals surface area contributed by atoms with E-state index in [1.165, 1.54) is 19.5 Å². The molecular formula is C22H23N5O4. The highest BCUT2D eigenvalue weighted by atomic mass is 16.5. The maximum Gasteiger partial charge on any atom is 0.255 e. The van der Waals surface area contributed by atoms with Gasteiger partial charge in [0, 0.05) is 24.9 Å². The van der Waals surface area contributed by atoms with Crippen molar-refractivity contribution in [1.82, 2.24) is 24.8 Å². The van der Waals surface area contributed by atoms with Crippen LogP contribution in [0.25, 0.3) is 11.4 Å². The number of methoxy groups -OCH3 is 2. The quantitative estimate of drug-likeness (QED) is 0.672. The van der Waals surface area contributed by atoms with Gasteiger partial charge in [-0.05, 0) is 38.0 Å². The molecule has 0 saturated carbocycles. The number of benzene rings is 1. The Morgan fingerprint density at radius 1 is 1.16 bits per heavy atom. The molecule has 0 bridgehead atoms. The summed E-state index contributed by atoms with van der Waals surface area (Å²) in [5.41, 5.74) is 0.342. The van der Waals surface area contributed by atoms with Crippen molar-refractivity contribution in [2.75, 3.05) is 14.2 Å². The Morgan fingerprint density at radius 2 is 2.00 bits per heavy atom. The molecule has 0 fully saturated rings. The molecule has 1 atom stereocenters. The number of nitrogens with zero attached hydrogens (tertiary/aromatic N) is 4. The summed E-state index contributed by atoms with van der Waals surface area (Å²) in [7, 11) is 3.05. The minimum atomic E-state index is -0.845. The number of aromatic nitrogens is 4. The maximum atomic E-state index is 13.2. The molecular weight excluding hydrogens is 398 g/mol. The summed E-state index contributed by atoms with van der Waals surface area (Å²) in [4.78, 5) is 38.8. The van der Waals surface area contributed by atoms with Gasteiger partial charge in [0.25, 0.3) is 11.5 Å². The largest absolute Gasteiger partial charge is 0.497 e. The number of carbonyl (C=O) groups is 1. The van der Waals surface area contributed by atoms with Gasteiger partial charge in [-0.15, -0.1) is 0 Å². The third-order valence-corrected chi connectivity index (χ3v) is 5.45. The lowest BCUT2D eigenvalue weighted by molar-refractivity contribution is 0.0877. The number of carbonyl (C=O) groups excluding carboxylic acids is 1. The highest BCUT2D eigenvalue weighted by Gasteiger charge is 2.37. The average Bonchev–Trinajstić information content (AvgIpc) is 2.79. The number of ether oxygens (including phenoxy) is 2. The predicted molar refractivity (Wildman–Crippen MR) is 113 cm³/mol. The SMILES string of the molecule is COc1ccc(C(=O)NC2(C)CCCn3c2nc(-c2ccncn2)cc3=O)c(OC)c1. The Labute approximate surface area is 179 Å². The van der Waals surface area contributed by atoms with E-state index >= 15 is 0 Å². The van der Waals surface area contributed by atoms with E-state index in [-0.39, 0.29) is 11.5 Å². The van der Waals surface area contributed by atoms with Gasteiger partial charge in [-0.25, -0.2) is 15.0 Å². The van der Waals surface area contributed by atoms with Gasteiger partial charge in [-0.2, -0.15) is 0 Å². The van der Waals surface area contributed by atoms with Crippen LogP contribution in [0, 0.1) is 0 Å². The number of hydrogen-bond acceptors (Lipinski definition) is 7. The summed E-state index contributed by atoms with van der Waals surface area (Å²) in [6.45, 7) is 2.42. The first-order valence-electron chi connectivity index (χ1n) is 9.88. The Morgan fingerprint density at radius 3 is 2.71 bits per heavy atom. The third kappa shape index (κ3) is 3.86. The van der Waals surface area contributed by atoms with Crippen LogP contribution >= 0.6 is 0 Å². The molecule has 0 saturated heterocycles. The molecule has 3 aromatic rings. The lowest BCUT2D eigenvalue weighted by Gasteiger charge is -2.36. The standard InChI is InChI=1S/C22H23N5O4/c1-22(26-20(29)15-6-5-14(30-2)11-18(15)31-3)8-4-10-27-19(28)12-17(25-21(22)27)16-7-9-23-13-24-16/h5-7,9,11-13H,4,8,10H2,1-3H3,(H,26,29). The molecule has 3 heterocycles. The summed E-state index contributed by atoms with van der Waals surface area (Å²) in [6, 6.07) is 8.16. The zero-order valence-electron chi connectivity index (χ0n) is 17.6. The van der Waals surface area contributed by atoms with Crippen molar-refractivity contribution in [2.45, 2.75) is 31.8 Å². The molecule has 1 aliphatic heterocycles. The smallest absolute Gasteiger partial charge is 0.255 e. The zero-order chi connectivity index (χ0) is 22.0. The second-order valence-electron chi connectivity index (χ2n) is 7.51. The summed E-state index contributed by atoms with van der Waals surface area (Å²) >= 11 is 0. The van der Waals surface area contributed by atoms with Gasteiger partial charge >= 0.3 is 0 Å². The molecule has 9 nitrogen and oxygen atoms in total. The predicted octanol–water partition coefficient (Wildman–Crippen LogP) is 2.16. The Bertz CT molecular complexity index is 1180. The monoisotopic (exact) mass is 421 g/mol. The molecule has 9 heteroatoms. The van der Waals surface area contributed by atoms with Gasteiger partial charge in [-0.3, -0.25) is 14.2 Å². The Hall–Kier alpha value is -3.75. The minimum absolute atomic E-state index is 0.180. The number of nitrogens with one attached hydrogen (secondary N) is 1. The van der Waals surface area contributed by atoms with Crippen molar-refractivity contribution < 1.29 is 14.3 Å². The number of hydrogen-bond donors (Lipinski definition) is 1. The maximum absolute atomic E-state index is 13.2. The van der Waals surface area contributed by atoms with Crippen LogP contribution in [0.1, 0.15) is 35.9 Å². The highest BCUT2D eigenvalue weighted by molar-refractivity contribution is 5.97. The number of rotatable bonds is 5. The molecule has 1 aliphatic rings. The molecule has 1 aromatic carbocycles. The second-order valence-corrected chi connectivity index (χ2v) is 7.51. The summed E-state index contributed by atoms with van der Waals surface area (Å²) in [5.74, 6) is 1.17. The van der Waals surface area contributed by atoms with Crippen LogP contribution < -0.4 is 20.3 Å². The van der Waals surface area contributed by atoms with Gasteiger partial charge in [0.15, 0.2) is 0 Å². The van der Waals surface area contributed by atoms with Crippen LogP contribution in [0.4, 0.5) is 0 Å². The molecule has 1 amide bonds. The van der Waals surface area contributed by atoms with E-state index in [1.807, 2.05) is 6.92 Å². The van der Waals surface area contributed by atoms with Crippen LogP contribution in [0.15, 0.2) is 47.7 Å². The highest BCUT2D eigenvalue weighted by Crippen LogP contribution is 2.32. The van der Waals surface area contributed by atoms with Crippen LogP contribution in [0.5, 0.6) is 11.5 Å². The topological polar surface area (TPSA) is 108 Å². The van der Waals surface area contributed by atoms with Crippen molar-refractivity contribution in [2.24, 2.45) is 0 Å². The van der Waals surface area contributed by atoms with Gasteiger partial charge in [-0.1, -0.05) is 0 Å². The molecule has 4 rings (SSSR count). The molecule has 160 valence electrons. The molecule has 2 aromatic heterocycles. The summed E-state index contributed by atoms with van der Waals surface area (Å²) in [5, 5.41) is 3.07. The fourth-order valence-corrected chi connectivity index (χ4v) is 3.84. The first kappa shape index (κ1) is 20.5. The van der Waals surface area contributed by atoms with E-state index in [9.17, 15) is 9.59 Å². The van der Waals surface area contributed by atoms with Gasteiger partial charge in [0.1, 0.15) is 23.7 Å². The van der Waals surface area contributed by atoms with E-state index in [0.717, 1.165) is 6.42 Å². The Balaban J connectivity index is 1.73. The fourth-order valence-electron chi connectivity index (χ4n) is 3.84.